The van der Waals surface area contributed by atoms with Gasteiger partial charge in [0.05, 0.1) is 22.4 Å². The second-order valence-electron chi connectivity index (χ2n) is 7.46. The van der Waals surface area contributed by atoms with Crippen LogP contribution < -0.4 is 10.6 Å². The highest BCUT2D eigenvalue weighted by molar-refractivity contribution is 7.19. The summed E-state index contributed by atoms with van der Waals surface area (Å²) in [5.74, 6) is 0.876. The molecule has 2 N–H and O–H groups in total. The first-order valence-electron chi connectivity index (χ1n) is 10.3. The fraction of sp³-hybridized carbons (Fsp3) is 0.409. The molecule has 8 heteroatoms. The molecule has 158 valence electrons. The fourth-order valence-corrected chi connectivity index (χ4v) is 4.62. The molecule has 1 aromatic carbocycles. The molecule has 30 heavy (non-hydrogen) atoms. The zero-order chi connectivity index (χ0) is 20.9. The predicted octanol–water partition coefficient (Wildman–Crippen LogP) is 6.10. The number of nitrogens with one attached hydrogen (secondary N) is 2. The number of hydrogen-bond acceptors (Lipinski definition) is 7. The number of thiazole rings is 1. The van der Waals surface area contributed by atoms with Crippen molar-refractivity contribution in [3.05, 3.63) is 47.2 Å². The summed E-state index contributed by atoms with van der Waals surface area (Å²) in [7, 11) is 0. The number of ether oxygens (including phenoxy) is 1. The van der Waals surface area contributed by atoms with E-state index >= 15 is 0 Å². The van der Waals surface area contributed by atoms with Gasteiger partial charge in [0, 0.05) is 30.1 Å². The normalized spacial score (nSPS) is 17.1. The van der Waals surface area contributed by atoms with Gasteiger partial charge in [0.1, 0.15) is 0 Å². The van der Waals surface area contributed by atoms with Crippen molar-refractivity contribution in [3.8, 4) is 10.6 Å². The highest BCUT2D eigenvalue weighted by Crippen LogP contribution is 2.37. The van der Waals surface area contributed by atoms with E-state index in [-0.39, 0.29) is 6.10 Å². The molecule has 0 saturated carbocycles. The first kappa shape index (κ1) is 21.0. The molecule has 1 fully saturated rings. The van der Waals surface area contributed by atoms with E-state index in [9.17, 15) is 0 Å². The second kappa shape index (κ2) is 9.73. The van der Waals surface area contributed by atoms with Gasteiger partial charge in [-0.15, -0.1) is 0 Å². The molecule has 6 nitrogen and oxygen atoms in total. The molecule has 2 unspecified atom stereocenters. The summed E-state index contributed by atoms with van der Waals surface area (Å²) in [6.45, 7) is 6.03. The number of aromatic nitrogens is 3. The van der Waals surface area contributed by atoms with Crippen LogP contribution in [-0.2, 0) is 4.74 Å². The Balaban J connectivity index is 1.58. The average Bonchev–Trinajstić information content (AvgIpc) is 3.42. The number of halogens is 1. The average molecular weight is 444 g/mol. The maximum Gasteiger partial charge on any atom is 0.227 e. The van der Waals surface area contributed by atoms with Gasteiger partial charge in [-0.05, 0) is 49.4 Å². The lowest BCUT2D eigenvalue weighted by Gasteiger charge is -2.09. The van der Waals surface area contributed by atoms with Gasteiger partial charge < -0.3 is 15.4 Å². The van der Waals surface area contributed by atoms with Crippen LogP contribution in [-0.4, -0.2) is 34.2 Å². The molecule has 4 rings (SSSR count). The molecule has 1 aliphatic rings. The highest BCUT2D eigenvalue weighted by Gasteiger charge is 2.21. The Morgan fingerprint density at radius 2 is 2.20 bits per heavy atom. The first-order valence-corrected chi connectivity index (χ1v) is 11.5. The molecule has 2 atom stereocenters. The Kier molecular flexibility index (Phi) is 6.82. The molecule has 0 aliphatic carbocycles. The standard InChI is InChI=1S/C22H26ClN5OS/c1-3-14(2)19-20(30-22(28-19)25-13-17-8-5-11-29-17)18-9-10-24-21(27-18)26-16-7-4-6-15(23)12-16/h4,6-7,9-10,12,14,17H,3,5,8,11,13H2,1-2H3,(H,25,28)(H,24,26,27). The Morgan fingerprint density at radius 3 is 2.97 bits per heavy atom. The van der Waals surface area contributed by atoms with Gasteiger partial charge >= 0.3 is 0 Å². The fourth-order valence-electron chi connectivity index (χ4n) is 3.37. The maximum absolute atomic E-state index is 6.09. The van der Waals surface area contributed by atoms with Crippen molar-refractivity contribution >= 4 is 39.7 Å². The summed E-state index contributed by atoms with van der Waals surface area (Å²) in [6.07, 6.45) is 5.30. The van der Waals surface area contributed by atoms with Crippen molar-refractivity contribution in [1.29, 1.82) is 0 Å². The predicted molar refractivity (Wildman–Crippen MR) is 124 cm³/mol. The molecular weight excluding hydrogens is 418 g/mol. The third kappa shape index (κ3) is 5.09. The van der Waals surface area contributed by atoms with Crippen molar-refractivity contribution in [2.75, 3.05) is 23.8 Å². The third-order valence-electron chi connectivity index (χ3n) is 5.21. The van der Waals surface area contributed by atoms with E-state index < -0.39 is 0 Å². The lowest BCUT2D eigenvalue weighted by Crippen LogP contribution is -2.18. The zero-order valence-electron chi connectivity index (χ0n) is 17.2. The van der Waals surface area contributed by atoms with Crippen LogP contribution in [0.3, 0.4) is 0 Å². The third-order valence-corrected chi connectivity index (χ3v) is 6.49. The van der Waals surface area contributed by atoms with Gasteiger partial charge in [0.15, 0.2) is 5.13 Å². The van der Waals surface area contributed by atoms with Crippen LogP contribution in [0.2, 0.25) is 5.02 Å². The minimum atomic E-state index is 0.275. The monoisotopic (exact) mass is 443 g/mol. The molecule has 1 aliphatic heterocycles. The molecule has 0 bridgehead atoms. The van der Waals surface area contributed by atoms with Gasteiger partial charge in [0.25, 0.3) is 0 Å². The van der Waals surface area contributed by atoms with Crippen molar-refractivity contribution < 1.29 is 4.74 Å². The van der Waals surface area contributed by atoms with Crippen LogP contribution in [0.5, 0.6) is 0 Å². The smallest absolute Gasteiger partial charge is 0.227 e. The number of anilines is 3. The first-order chi connectivity index (χ1) is 14.6. The van der Waals surface area contributed by atoms with Crippen molar-refractivity contribution in [2.24, 2.45) is 0 Å². The van der Waals surface area contributed by atoms with Crippen LogP contribution in [0.25, 0.3) is 10.6 Å². The van der Waals surface area contributed by atoms with Crippen LogP contribution >= 0.6 is 22.9 Å². The summed E-state index contributed by atoms with van der Waals surface area (Å²) in [5.41, 5.74) is 2.79. The van der Waals surface area contributed by atoms with E-state index in [0.717, 1.165) is 59.5 Å². The molecule has 3 heterocycles. The summed E-state index contributed by atoms with van der Waals surface area (Å²) in [4.78, 5) is 15.1. The summed E-state index contributed by atoms with van der Waals surface area (Å²) >= 11 is 7.73. The van der Waals surface area contributed by atoms with Gasteiger partial charge in [0.2, 0.25) is 5.95 Å². The SMILES string of the molecule is CCC(C)c1nc(NCC2CCCO2)sc1-c1ccnc(Nc2cccc(Cl)c2)n1. The number of rotatable bonds is 8. The summed E-state index contributed by atoms with van der Waals surface area (Å²) in [6, 6.07) is 9.45. The van der Waals surface area contributed by atoms with E-state index in [0.29, 0.717) is 16.9 Å². The Morgan fingerprint density at radius 1 is 1.30 bits per heavy atom. The summed E-state index contributed by atoms with van der Waals surface area (Å²) in [5, 5.41) is 8.28. The molecule has 2 aromatic heterocycles. The van der Waals surface area contributed by atoms with Gasteiger partial charge in [-0.3, -0.25) is 0 Å². The van der Waals surface area contributed by atoms with E-state index in [1.165, 1.54) is 0 Å². The lowest BCUT2D eigenvalue weighted by atomic mass is 10.0. The molecule has 0 amide bonds. The molecule has 3 aromatic rings. The highest BCUT2D eigenvalue weighted by atomic mass is 35.5. The van der Waals surface area contributed by atoms with E-state index in [1.54, 1.807) is 17.5 Å². The van der Waals surface area contributed by atoms with Crippen molar-refractivity contribution in [2.45, 2.75) is 45.1 Å². The lowest BCUT2D eigenvalue weighted by molar-refractivity contribution is 0.120. The van der Waals surface area contributed by atoms with Gasteiger partial charge in [-0.2, -0.15) is 0 Å². The number of hydrogen-bond donors (Lipinski definition) is 2. The molecular formula is C22H26ClN5OS. The van der Waals surface area contributed by atoms with Crippen LogP contribution in [0.1, 0.15) is 44.7 Å². The van der Waals surface area contributed by atoms with E-state index in [2.05, 4.69) is 29.5 Å². The maximum atomic E-state index is 6.09. The Bertz CT molecular complexity index is 989. The Hall–Kier alpha value is -2.22. The summed E-state index contributed by atoms with van der Waals surface area (Å²) < 4.78 is 5.72. The zero-order valence-corrected chi connectivity index (χ0v) is 18.8. The van der Waals surface area contributed by atoms with E-state index in [4.69, 9.17) is 26.3 Å². The van der Waals surface area contributed by atoms with Crippen LogP contribution in [0.15, 0.2) is 36.5 Å². The van der Waals surface area contributed by atoms with E-state index in [1.807, 2.05) is 30.3 Å². The molecule has 0 spiro atoms. The van der Waals surface area contributed by atoms with Gasteiger partial charge in [-0.1, -0.05) is 42.9 Å². The van der Waals surface area contributed by atoms with Crippen LogP contribution in [0.4, 0.5) is 16.8 Å². The number of nitrogens with zero attached hydrogens (tertiary/aromatic N) is 3. The topological polar surface area (TPSA) is 72.0 Å². The largest absolute Gasteiger partial charge is 0.376 e. The molecule has 0 radical (unpaired) electrons. The number of benzene rings is 1. The Labute approximate surface area is 186 Å². The van der Waals surface area contributed by atoms with Crippen molar-refractivity contribution in [3.63, 3.8) is 0 Å². The van der Waals surface area contributed by atoms with Crippen LogP contribution in [0, 0.1) is 0 Å². The van der Waals surface area contributed by atoms with Crippen molar-refractivity contribution in [1.82, 2.24) is 15.0 Å². The quantitative estimate of drug-likeness (QED) is 0.438. The van der Waals surface area contributed by atoms with Gasteiger partial charge in [-0.25, -0.2) is 15.0 Å². The minimum Gasteiger partial charge on any atom is -0.376 e. The second-order valence-corrected chi connectivity index (χ2v) is 8.89. The minimum absolute atomic E-state index is 0.275. The molecule has 1 saturated heterocycles.